The van der Waals surface area contributed by atoms with Gasteiger partial charge in [-0.15, -0.1) is 0 Å². The molecule has 2 atom stereocenters. The molecule has 1 amide bonds. The lowest BCUT2D eigenvalue weighted by Gasteiger charge is -2.49. The molecule has 4 heterocycles. The standard InChI is InChI=1S/C20H22ClN3OS/c1-13-19(14-7-10-24(13)11-8-14)23-20(25)15-2-4-16(5-3-15)26-18-12-22-9-6-17(18)21/h2-6,9,12-14,19H,7-8,10-11H2,1H3,(H,23,25). The number of pyridine rings is 1. The predicted octanol–water partition coefficient (Wildman–Crippen LogP) is 4.10. The SMILES string of the molecule is CC1C(NC(=O)c2ccc(Sc3cnccc3Cl)cc2)C2CCN1CC2. The fourth-order valence-electron chi connectivity index (χ4n) is 4.02. The predicted molar refractivity (Wildman–Crippen MR) is 105 cm³/mol. The van der Waals surface area contributed by atoms with E-state index in [1.165, 1.54) is 25.9 Å². The summed E-state index contributed by atoms with van der Waals surface area (Å²) in [7, 11) is 0. The molecule has 2 aromatic rings. The van der Waals surface area contributed by atoms with Crippen LogP contribution in [-0.2, 0) is 0 Å². The van der Waals surface area contributed by atoms with E-state index in [-0.39, 0.29) is 11.9 Å². The monoisotopic (exact) mass is 387 g/mol. The van der Waals surface area contributed by atoms with Crippen molar-refractivity contribution in [2.45, 2.75) is 41.6 Å². The van der Waals surface area contributed by atoms with Crippen LogP contribution in [0.1, 0.15) is 30.1 Å². The number of aromatic nitrogens is 1. The molecule has 0 aliphatic carbocycles. The summed E-state index contributed by atoms with van der Waals surface area (Å²) in [5, 5.41) is 3.96. The number of piperidine rings is 3. The lowest BCUT2D eigenvalue weighted by Crippen LogP contribution is -2.62. The maximum Gasteiger partial charge on any atom is 0.251 e. The first-order valence-electron chi connectivity index (χ1n) is 9.04. The van der Waals surface area contributed by atoms with Crippen LogP contribution in [0.25, 0.3) is 0 Å². The van der Waals surface area contributed by atoms with Crippen LogP contribution in [-0.4, -0.2) is 41.0 Å². The second-order valence-electron chi connectivity index (χ2n) is 7.05. The summed E-state index contributed by atoms with van der Waals surface area (Å²) < 4.78 is 0. The van der Waals surface area contributed by atoms with E-state index in [0.29, 0.717) is 22.5 Å². The summed E-state index contributed by atoms with van der Waals surface area (Å²) in [6, 6.07) is 10.1. The molecule has 6 heteroatoms. The summed E-state index contributed by atoms with van der Waals surface area (Å²) in [5.41, 5.74) is 0.704. The molecular weight excluding hydrogens is 366 g/mol. The Morgan fingerprint density at radius 1 is 1.23 bits per heavy atom. The van der Waals surface area contributed by atoms with E-state index in [1.54, 1.807) is 30.2 Å². The molecule has 1 aromatic carbocycles. The zero-order valence-corrected chi connectivity index (χ0v) is 16.3. The van der Waals surface area contributed by atoms with Crippen molar-refractivity contribution < 1.29 is 4.79 Å². The highest BCUT2D eigenvalue weighted by Gasteiger charge is 2.40. The third kappa shape index (κ3) is 3.61. The van der Waals surface area contributed by atoms with Gasteiger partial charge in [-0.25, -0.2) is 0 Å². The molecule has 1 aromatic heterocycles. The molecular formula is C20H22ClN3OS. The molecule has 3 fully saturated rings. The van der Waals surface area contributed by atoms with Crippen molar-refractivity contribution in [3.05, 3.63) is 53.3 Å². The van der Waals surface area contributed by atoms with Crippen molar-refractivity contribution in [3.8, 4) is 0 Å². The highest BCUT2D eigenvalue weighted by atomic mass is 35.5. The van der Waals surface area contributed by atoms with Crippen molar-refractivity contribution in [2.75, 3.05) is 13.1 Å². The lowest BCUT2D eigenvalue weighted by molar-refractivity contribution is 0.0217. The normalized spacial score (nSPS) is 27.3. The van der Waals surface area contributed by atoms with Gasteiger partial charge >= 0.3 is 0 Å². The van der Waals surface area contributed by atoms with Gasteiger partial charge in [0.2, 0.25) is 0 Å². The van der Waals surface area contributed by atoms with Crippen molar-refractivity contribution in [2.24, 2.45) is 5.92 Å². The molecule has 0 radical (unpaired) electrons. The van der Waals surface area contributed by atoms with E-state index in [0.717, 1.165) is 9.79 Å². The Morgan fingerprint density at radius 2 is 1.96 bits per heavy atom. The summed E-state index contributed by atoms with van der Waals surface area (Å²) in [4.78, 5) is 21.2. The maximum atomic E-state index is 12.7. The summed E-state index contributed by atoms with van der Waals surface area (Å²) >= 11 is 7.73. The topological polar surface area (TPSA) is 45.2 Å². The van der Waals surface area contributed by atoms with Crippen LogP contribution in [0.3, 0.4) is 0 Å². The Bertz CT molecular complexity index is 788. The highest BCUT2D eigenvalue weighted by Crippen LogP contribution is 2.33. The van der Waals surface area contributed by atoms with Gasteiger partial charge in [0.25, 0.3) is 5.91 Å². The Hall–Kier alpha value is -1.56. The van der Waals surface area contributed by atoms with Gasteiger partial charge in [-0.3, -0.25) is 14.7 Å². The average Bonchev–Trinajstić information content (AvgIpc) is 2.67. The number of nitrogens with one attached hydrogen (secondary N) is 1. The zero-order chi connectivity index (χ0) is 18.1. The minimum absolute atomic E-state index is 0.0200. The number of hydrogen-bond donors (Lipinski definition) is 1. The third-order valence-electron chi connectivity index (χ3n) is 5.55. The summed E-state index contributed by atoms with van der Waals surface area (Å²) in [6.07, 6.45) is 5.81. The molecule has 26 heavy (non-hydrogen) atoms. The van der Waals surface area contributed by atoms with E-state index in [9.17, 15) is 4.79 Å². The van der Waals surface area contributed by atoms with Gasteiger partial charge in [0.15, 0.2) is 0 Å². The Balaban J connectivity index is 1.42. The number of rotatable bonds is 4. The van der Waals surface area contributed by atoms with Crippen LogP contribution >= 0.6 is 23.4 Å². The van der Waals surface area contributed by atoms with Crippen LogP contribution in [0.2, 0.25) is 5.02 Å². The van der Waals surface area contributed by atoms with E-state index < -0.39 is 0 Å². The first-order chi connectivity index (χ1) is 12.6. The van der Waals surface area contributed by atoms with Crippen molar-refractivity contribution >= 4 is 29.3 Å². The molecule has 3 aliphatic rings. The second-order valence-corrected chi connectivity index (χ2v) is 8.57. The largest absolute Gasteiger partial charge is 0.347 e. The van der Waals surface area contributed by atoms with Crippen LogP contribution in [0.5, 0.6) is 0 Å². The fraction of sp³-hybridized carbons (Fsp3) is 0.400. The van der Waals surface area contributed by atoms with Crippen LogP contribution in [0.15, 0.2) is 52.5 Å². The van der Waals surface area contributed by atoms with Gasteiger partial charge in [0, 0.05) is 39.8 Å². The third-order valence-corrected chi connectivity index (χ3v) is 7.05. The quantitative estimate of drug-likeness (QED) is 0.857. The molecule has 3 aliphatic heterocycles. The Labute approximate surface area is 163 Å². The minimum atomic E-state index is 0.0200. The van der Waals surface area contributed by atoms with Crippen LogP contribution in [0, 0.1) is 5.92 Å². The average molecular weight is 388 g/mol. The Morgan fingerprint density at radius 3 is 2.62 bits per heavy atom. The van der Waals surface area contributed by atoms with E-state index in [2.05, 4.69) is 22.1 Å². The van der Waals surface area contributed by atoms with E-state index in [1.807, 2.05) is 24.3 Å². The lowest BCUT2D eigenvalue weighted by atomic mass is 9.79. The van der Waals surface area contributed by atoms with Gasteiger partial charge in [0.05, 0.1) is 5.02 Å². The van der Waals surface area contributed by atoms with Crippen molar-refractivity contribution in [3.63, 3.8) is 0 Å². The molecule has 5 rings (SSSR count). The minimum Gasteiger partial charge on any atom is -0.347 e. The number of nitrogens with zero attached hydrogens (tertiary/aromatic N) is 2. The number of carbonyl (C=O) groups excluding carboxylic acids is 1. The number of halogens is 1. The molecule has 2 bridgehead atoms. The highest BCUT2D eigenvalue weighted by molar-refractivity contribution is 7.99. The molecule has 0 spiro atoms. The van der Waals surface area contributed by atoms with Gasteiger partial charge in [0.1, 0.15) is 0 Å². The van der Waals surface area contributed by atoms with Crippen molar-refractivity contribution in [1.29, 1.82) is 0 Å². The van der Waals surface area contributed by atoms with E-state index in [4.69, 9.17) is 11.6 Å². The van der Waals surface area contributed by atoms with Crippen LogP contribution < -0.4 is 5.32 Å². The molecule has 1 N–H and O–H groups in total. The molecule has 136 valence electrons. The number of fused-ring (bicyclic) bond motifs is 3. The molecule has 0 saturated carbocycles. The smallest absolute Gasteiger partial charge is 0.251 e. The van der Waals surface area contributed by atoms with Gasteiger partial charge in [-0.05, 0) is 69.1 Å². The first-order valence-corrected chi connectivity index (χ1v) is 10.2. The first kappa shape index (κ1) is 17.8. The molecule has 4 nitrogen and oxygen atoms in total. The summed E-state index contributed by atoms with van der Waals surface area (Å²) in [6.45, 7) is 4.57. The summed E-state index contributed by atoms with van der Waals surface area (Å²) in [5.74, 6) is 0.632. The van der Waals surface area contributed by atoms with Crippen LogP contribution in [0.4, 0.5) is 0 Å². The zero-order valence-electron chi connectivity index (χ0n) is 14.7. The maximum absolute atomic E-state index is 12.7. The van der Waals surface area contributed by atoms with Gasteiger partial charge in [-0.1, -0.05) is 23.4 Å². The number of hydrogen-bond acceptors (Lipinski definition) is 4. The number of carbonyl (C=O) groups is 1. The Kier molecular flexibility index (Phi) is 5.20. The van der Waals surface area contributed by atoms with Crippen molar-refractivity contribution in [1.82, 2.24) is 15.2 Å². The van der Waals surface area contributed by atoms with Gasteiger partial charge in [-0.2, -0.15) is 0 Å². The van der Waals surface area contributed by atoms with E-state index >= 15 is 0 Å². The van der Waals surface area contributed by atoms with Gasteiger partial charge < -0.3 is 5.32 Å². The second kappa shape index (κ2) is 7.59. The fourth-order valence-corrected chi connectivity index (χ4v) is 5.05. The number of amides is 1. The number of benzene rings is 1. The molecule has 3 saturated heterocycles. The molecule has 2 unspecified atom stereocenters.